The first-order valence-corrected chi connectivity index (χ1v) is 7.67. The van der Waals surface area contributed by atoms with Gasteiger partial charge in [-0.1, -0.05) is 13.8 Å². The summed E-state index contributed by atoms with van der Waals surface area (Å²) in [5.74, 6) is -0.105. The summed E-state index contributed by atoms with van der Waals surface area (Å²) in [7, 11) is 4.24. The van der Waals surface area contributed by atoms with E-state index in [1.54, 1.807) is 6.92 Å². The van der Waals surface area contributed by atoms with Gasteiger partial charge in [0, 0.05) is 25.7 Å². The molecule has 1 saturated heterocycles. The van der Waals surface area contributed by atoms with Crippen LogP contribution in [-0.4, -0.2) is 72.7 Å². The summed E-state index contributed by atoms with van der Waals surface area (Å²) in [4.78, 5) is 16.1. The second-order valence-corrected chi connectivity index (χ2v) is 6.58. The average Bonchev–Trinajstić information content (AvgIpc) is 2.75. The fraction of sp³-hybridized carbons (Fsp3) is 0.933. The molecule has 0 spiro atoms. The molecule has 3 unspecified atom stereocenters. The molecule has 5 heteroatoms. The van der Waals surface area contributed by atoms with Crippen LogP contribution < -0.4 is 5.32 Å². The maximum Gasteiger partial charge on any atom is 0.323 e. The minimum atomic E-state index is -0.810. The van der Waals surface area contributed by atoms with Gasteiger partial charge in [-0.3, -0.25) is 4.79 Å². The van der Waals surface area contributed by atoms with Gasteiger partial charge >= 0.3 is 5.97 Å². The molecule has 1 rings (SSSR count). The third kappa shape index (κ3) is 4.43. The second kappa shape index (κ2) is 7.38. The number of hydrogen-bond donors (Lipinski definition) is 2. The molecule has 3 atom stereocenters. The van der Waals surface area contributed by atoms with Crippen molar-refractivity contribution in [3.8, 4) is 0 Å². The molecule has 118 valence electrons. The van der Waals surface area contributed by atoms with Gasteiger partial charge in [0.2, 0.25) is 0 Å². The van der Waals surface area contributed by atoms with Crippen LogP contribution in [0.5, 0.6) is 0 Å². The lowest BCUT2D eigenvalue weighted by Gasteiger charge is -2.29. The lowest BCUT2D eigenvalue weighted by molar-refractivity contribution is -0.144. The molecular formula is C15H31N3O2. The Kier molecular flexibility index (Phi) is 6.43. The van der Waals surface area contributed by atoms with E-state index >= 15 is 0 Å². The number of likely N-dealkylation sites (tertiary alicyclic amines) is 1. The fourth-order valence-corrected chi connectivity index (χ4v) is 2.96. The van der Waals surface area contributed by atoms with Crippen LogP contribution in [0.4, 0.5) is 0 Å². The summed E-state index contributed by atoms with van der Waals surface area (Å²) < 4.78 is 0. The van der Waals surface area contributed by atoms with Crippen LogP contribution in [0.1, 0.15) is 33.6 Å². The van der Waals surface area contributed by atoms with Crippen molar-refractivity contribution in [1.82, 2.24) is 15.1 Å². The summed E-state index contributed by atoms with van der Waals surface area (Å²) in [5.41, 5.74) is -0.810. The highest BCUT2D eigenvalue weighted by Gasteiger charge is 2.35. The molecule has 0 amide bonds. The first-order chi connectivity index (χ1) is 9.30. The molecule has 1 heterocycles. The zero-order valence-corrected chi connectivity index (χ0v) is 13.6. The Morgan fingerprint density at radius 3 is 2.55 bits per heavy atom. The van der Waals surface area contributed by atoms with Gasteiger partial charge in [0.05, 0.1) is 0 Å². The Morgan fingerprint density at radius 2 is 2.10 bits per heavy atom. The fourth-order valence-electron chi connectivity index (χ4n) is 2.96. The van der Waals surface area contributed by atoms with Crippen molar-refractivity contribution >= 4 is 5.97 Å². The molecule has 1 fully saturated rings. The van der Waals surface area contributed by atoms with Gasteiger partial charge in [-0.2, -0.15) is 0 Å². The van der Waals surface area contributed by atoms with Gasteiger partial charge in [-0.05, 0) is 46.3 Å². The molecule has 0 aromatic rings. The van der Waals surface area contributed by atoms with E-state index in [9.17, 15) is 9.90 Å². The topological polar surface area (TPSA) is 55.8 Å². The van der Waals surface area contributed by atoms with Crippen molar-refractivity contribution in [2.24, 2.45) is 5.92 Å². The Morgan fingerprint density at radius 1 is 1.45 bits per heavy atom. The predicted molar refractivity (Wildman–Crippen MR) is 82.0 cm³/mol. The van der Waals surface area contributed by atoms with E-state index in [0.717, 1.165) is 32.6 Å². The van der Waals surface area contributed by atoms with Gasteiger partial charge in [0.1, 0.15) is 5.54 Å². The molecule has 1 aliphatic heterocycles. The zero-order valence-electron chi connectivity index (χ0n) is 13.6. The van der Waals surface area contributed by atoms with Gasteiger partial charge in [0.25, 0.3) is 0 Å². The lowest BCUT2D eigenvalue weighted by atomic mass is 9.97. The predicted octanol–water partition coefficient (Wildman–Crippen LogP) is 1.10. The van der Waals surface area contributed by atoms with E-state index in [4.69, 9.17) is 0 Å². The van der Waals surface area contributed by atoms with Crippen molar-refractivity contribution in [3.63, 3.8) is 0 Å². The molecule has 20 heavy (non-hydrogen) atoms. The first kappa shape index (κ1) is 17.4. The van der Waals surface area contributed by atoms with Crippen LogP contribution in [0, 0.1) is 5.92 Å². The van der Waals surface area contributed by atoms with Crippen LogP contribution in [0.25, 0.3) is 0 Å². The number of carboxylic acid groups (broad SMARTS) is 1. The molecule has 0 aromatic heterocycles. The highest BCUT2D eigenvalue weighted by molar-refractivity contribution is 5.78. The largest absolute Gasteiger partial charge is 0.480 e. The Bertz CT molecular complexity index is 322. The Balaban J connectivity index is 2.50. The summed E-state index contributed by atoms with van der Waals surface area (Å²) in [6.07, 6.45) is 1.60. The van der Waals surface area contributed by atoms with Gasteiger partial charge in [0.15, 0.2) is 0 Å². The minimum Gasteiger partial charge on any atom is -0.480 e. The molecule has 0 bridgehead atoms. The number of carboxylic acids is 1. The van der Waals surface area contributed by atoms with Crippen LogP contribution in [0.3, 0.4) is 0 Å². The maximum absolute atomic E-state index is 11.5. The van der Waals surface area contributed by atoms with E-state index in [0.29, 0.717) is 18.4 Å². The average molecular weight is 285 g/mol. The van der Waals surface area contributed by atoms with E-state index < -0.39 is 11.5 Å². The third-order valence-corrected chi connectivity index (χ3v) is 4.48. The summed E-state index contributed by atoms with van der Waals surface area (Å²) in [6, 6.07) is 0.578. The van der Waals surface area contributed by atoms with Crippen LogP contribution in [0.2, 0.25) is 0 Å². The number of likely N-dealkylation sites (N-methyl/N-ethyl adjacent to an activating group) is 1. The van der Waals surface area contributed by atoms with Gasteiger partial charge < -0.3 is 20.2 Å². The quantitative estimate of drug-likeness (QED) is 0.699. The van der Waals surface area contributed by atoms with Crippen LogP contribution >= 0.6 is 0 Å². The van der Waals surface area contributed by atoms with E-state index in [1.165, 1.54) is 0 Å². The standard InChI is InChI=1S/C15H31N3O2/c1-6-8-16-15(3,14(19)20)7-9-18-10-12(2)13(11-18)17(4)5/h12-13,16H,6-11H2,1-5H3,(H,19,20). The van der Waals surface area contributed by atoms with Crippen molar-refractivity contribution in [2.75, 3.05) is 40.3 Å². The number of hydrogen-bond acceptors (Lipinski definition) is 4. The number of nitrogens with one attached hydrogen (secondary N) is 1. The van der Waals surface area contributed by atoms with E-state index in [-0.39, 0.29) is 0 Å². The van der Waals surface area contributed by atoms with Crippen molar-refractivity contribution in [3.05, 3.63) is 0 Å². The highest BCUT2D eigenvalue weighted by atomic mass is 16.4. The molecule has 1 aliphatic rings. The normalized spacial score (nSPS) is 26.9. The number of carbonyl (C=O) groups is 1. The molecule has 0 aliphatic carbocycles. The molecule has 0 saturated carbocycles. The zero-order chi connectivity index (χ0) is 15.3. The number of rotatable bonds is 8. The van der Waals surface area contributed by atoms with E-state index in [2.05, 4.69) is 43.1 Å². The summed E-state index contributed by atoms with van der Waals surface area (Å²) in [5, 5.41) is 12.6. The molecule has 0 aromatic carbocycles. The third-order valence-electron chi connectivity index (χ3n) is 4.48. The first-order valence-electron chi connectivity index (χ1n) is 7.67. The van der Waals surface area contributed by atoms with Crippen molar-refractivity contribution < 1.29 is 9.90 Å². The van der Waals surface area contributed by atoms with Crippen molar-refractivity contribution in [2.45, 2.75) is 45.2 Å². The molecule has 5 nitrogen and oxygen atoms in total. The highest BCUT2D eigenvalue weighted by Crippen LogP contribution is 2.21. The Hall–Kier alpha value is -0.650. The SMILES string of the molecule is CCCNC(C)(CCN1CC(C)C(N(C)C)C1)C(=O)O. The van der Waals surface area contributed by atoms with Crippen LogP contribution in [0.15, 0.2) is 0 Å². The summed E-state index contributed by atoms with van der Waals surface area (Å²) >= 11 is 0. The molecule has 2 N–H and O–H groups in total. The second-order valence-electron chi connectivity index (χ2n) is 6.58. The number of aliphatic carboxylic acids is 1. The van der Waals surface area contributed by atoms with Crippen LogP contribution in [-0.2, 0) is 4.79 Å². The lowest BCUT2D eigenvalue weighted by Crippen LogP contribution is -2.51. The minimum absolute atomic E-state index is 0.578. The number of nitrogens with zero attached hydrogens (tertiary/aromatic N) is 2. The summed E-state index contributed by atoms with van der Waals surface area (Å²) in [6.45, 7) is 9.82. The Labute approximate surface area is 123 Å². The molecular weight excluding hydrogens is 254 g/mol. The van der Waals surface area contributed by atoms with Gasteiger partial charge in [-0.15, -0.1) is 0 Å². The molecule has 0 radical (unpaired) electrons. The van der Waals surface area contributed by atoms with E-state index in [1.807, 2.05) is 0 Å². The smallest absolute Gasteiger partial charge is 0.323 e. The maximum atomic E-state index is 11.5. The van der Waals surface area contributed by atoms with Crippen molar-refractivity contribution in [1.29, 1.82) is 0 Å². The van der Waals surface area contributed by atoms with Gasteiger partial charge in [-0.25, -0.2) is 0 Å². The monoisotopic (exact) mass is 285 g/mol.